The first-order chi connectivity index (χ1) is 9.76. The van der Waals surface area contributed by atoms with Gasteiger partial charge in [-0.2, -0.15) is 0 Å². The monoisotopic (exact) mass is 287 g/mol. The van der Waals surface area contributed by atoms with Crippen molar-refractivity contribution in [3.63, 3.8) is 0 Å². The molecule has 2 nitrogen and oxygen atoms in total. The van der Waals surface area contributed by atoms with Gasteiger partial charge in [-0.1, -0.05) is 43.1 Å². The Hall–Kier alpha value is -1.80. The number of hydrogen-bond donors (Lipinski definition) is 0. The molecule has 0 unspecified atom stereocenters. The lowest BCUT2D eigenvalue weighted by atomic mass is 10.1. The number of aldehydes is 1. The van der Waals surface area contributed by atoms with E-state index in [2.05, 4.69) is 24.0 Å². The molecule has 2 aromatic rings. The van der Waals surface area contributed by atoms with Crippen LogP contribution in [0.15, 0.2) is 48.5 Å². The average molecular weight is 288 g/mol. The third kappa shape index (κ3) is 3.40. The minimum atomic E-state index is 0.599. The molecule has 0 saturated carbocycles. The Labute approximate surface area is 125 Å². The lowest BCUT2D eigenvalue weighted by Gasteiger charge is -2.26. The molecule has 0 radical (unpaired) electrons. The van der Waals surface area contributed by atoms with Gasteiger partial charge in [0, 0.05) is 17.8 Å². The number of halogens is 1. The van der Waals surface area contributed by atoms with E-state index in [1.807, 2.05) is 24.3 Å². The van der Waals surface area contributed by atoms with E-state index in [1.165, 1.54) is 0 Å². The summed E-state index contributed by atoms with van der Waals surface area (Å²) in [6, 6.07) is 15.6. The van der Waals surface area contributed by atoms with Gasteiger partial charge in [0.15, 0.2) is 0 Å². The SMILES string of the molecule is CCCCN(c1ccccc1)c1ccc(C=O)cc1Cl. The zero-order valence-electron chi connectivity index (χ0n) is 11.6. The molecule has 0 amide bonds. The quantitative estimate of drug-likeness (QED) is 0.690. The standard InChI is InChI=1S/C17H18ClNO/c1-2-3-11-19(15-7-5-4-6-8-15)17-10-9-14(13-20)12-16(17)18/h4-10,12-13H,2-3,11H2,1H3. The van der Waals surface area contributed by atoms with Gasteiger partial charge in [-0.15, -0.1) is 0 Å². The van der Waals surface area contributed by atoms with Crippen LogP contribution in [-0.2, 0) is 0 Å². The van der Waals surface area contributed by atoms with Gasteiger partial charge in [0.05, 0.1) is 10.7 Å². The predicted octanol–water partition coefficient (Wildman–Crippen LogP) is 5.09. The van der Waals surface area contributed by atoms with Crippen LogP contribution in [0.3, 0.4) is 0 Å². The van der Waals surface area contributed by atoms with E-state index in [0.29, 0.717) is 10.6 Å². The predicted molar refractivity (Wildman–Crippen MR) is 85.2 cm³/mol. The van der Waals surface area contributed by atoms with Crippen LogP contribution in [0.25, 0.3) is 0 Å². The molecule has 0 aliphatic rings. The molecule has 2 aromatic carbocycles. The molecule has 0 spiro atoms. The Bertz CT molecular complexity index is 568. The first-order valence-corrected chi connectivity index (χ1v) is 7.21. The number of anilines is 2. The summed E-state index contributed by atoms with van der Waals surface area (Å²) >= 11 is 6.33. The van der Waals surface area contributed by atoms with Crippen LogP contribution >= 0.6 is 11.6 Å². The van der Waals surface area contributed by atoms with Gasteiger partial charge in [-0.3, -0.25) is 4.79 Å². The number of unbranched alkanes of at least 4 members (excludes halogenated alkanes) is 1. The van der Waals surface area contributed by atoms with Crippen molar-refractivity contribution in [1.29, 1.82) is 0 Å². The van der Waals surface area contributed by atoms with Crippen molar-refractivity contribution in [3.05, 3.63) is 59.1 Å². The van der Waals surface area contributed by atoms with Gasteiger partial charge in [-0.25, -0.2) is 0 Å². The Morgan fingerprint density at radius 1 is 1.15 bits per heavy atom. The smallest absolute Gasteiger partial charge is 0.150 e. The highest BCUT2D eigenvalue weighted by molar-refractivity contribution is 6.33. The lowest BCUT2D eigenvalue weighted by Crippen LogP contribution is -2.18. The summed E-state index contributed by atoms with van der Waals surface area (Å²) in [4.78, 5) is 13.0. The van der Waals surface area contributed by atoms with Gasteiger partial charge >= 0.3 is 0 Å². The van der Waals surface area contributed by atoms with E-state index in [-0.39, 0.29) is 0 Å². The summed E-state index contributed by atoms with van der Waals surface area (Å²) in [5, 5.41) is 0.606. The molecule has 3 heteroatoms. The fourth-order valence-electron chi connectivity index (χ4n) is 2.13. The van der Waals surface area contributed by atoms with Crippen molar-refractivity contribution in [2.24, 2.45) is 0 Å². The van der Waals surface area contributed by atoms with E-state index < -0.39 is 0 Å². The van der Waals surface area contributed by atoms with E-state index in [4.69, 9.17) is 11.6 Å². The van der Waals surface area contributed by atoms with Gasteiger partial charge in [0.25, 0.3) is 0 Å². The van der Waals surface area contributed by atoms with Crippen molar-refractivity contribution in [1.82, 2.24) is 0 Å². The molecule has 0 atom stereocenters. The number of benzene rings is 2. The second-order valence-corrected chi connectivity index (χ2v) is 5.08. The summed E-state index contributed by atoms with van der Waals surface area (Å²) < 4.78 is 0. The molecule has 0 fully saturated rings. The number of rotatable bonds is 6. The molecule has 0 aromatic heterocycles. The van der Waals surface area contributed by atoms with E-state index >= 15 is 0 Å². The highest BCUT2D eigenvalue weighted by Gasteiger charge is 2.12. The first kappa shape index (κ1) is 14.6. The number of nitrogens with zero attached hydrogens (tertiary/aromatic N) is 1. The Morgan fingerprint density at radius 3 is 2.50 bits per heavy atom. The number of carbonyl (C=O) groups is 1. The summed E-state index contributed by atoms with van der Waals surface area (Å²) in [5.74, 6) is 0. The molecule has 0 heterocycles. The van der Waals surface area contributed by atoms with Crippen LogP contribution in [-0.4, -0.2) is 12.8 Å². The van der Waals surface area contributed by atoms with Crippen molar-refractivity contribution in [2.45, 2.75) is 19.8 Å². The summed E-state index contributed by atoms with van der Waals surface area (Å²) in [5.41, 5.74) is 2.65. The zero-order valence-corrected chi connectivity index (χ0v) is 12.3. The van der Waals surface area contributed by atoms with E-state index in [1.54, 1.807) is 12.1 Å². The highest BCUT2D eigenvalue weighted by atomic mass is 35.5. The maximum absolute atomic E-state index is 10.8. The zero-order chi connectivity index (χ0) is 14.4. The molecule has 0 N–H and O–H groups in total. The normalized spacial score (nSPS) is 10.3. The maximum Gasteiger partial charge on any atom is 0.150 e. The fraction of sp³-hybridized carbons (Fsp3) is 0.235. The molecule has 104 valence electrons. The third-order valence-corrected chi connectivity index (χ3v) is 3.50. The Balaban J connectivity index is 2.38. The van der Waals surface area contributed by atoms with Gasteiger partial charge in [0.2, 0.25) is 0 Å². The first-order valence-electron chi connectivity index (χ1n) is 6.83. The van der Waals surface area contributed by atoms with E-state index in [0.717, 1.165) is 37.0 Å². The van der Waals surface area contributed by atoms with Gasteiger partial charge in [0.1, 0.15) is 6.29 Å². The Kier molecular flexibility index (Phi) is 5.19. The fourth-order valence-corrected chi connectivity index (χ4v) is 2.42. The van der Waals surface area contributed by atoms with Gasteiger partial charge in [-0.05, 0) is 36.8 Å². The summed E-state index contributed by atoms with van der Waals surface area (Å²) in [6.07, 6.45) is 3.02. The average Bonchev–Trinajstić information content (AvgIpc) is 2.50. The number of hydrogen-bond acceptors (Lipinski definition) is 2. The topological polar surface area (TPSA) is 20.3 Å². The van der Waals surface area contributed by atoms with E-state index in [9.17, 15) is 4.79 Å². The molecule has 0 saturated heterocycles. The molecule has 0 aliphatic heterocycles. The summed E-state index contributed by atoms with van der Waals surface area (Å²) in [6.45, 7) is 3.07. The number of para-hydroxylation sites is 1. The molecular weight excluding hydrogens is 270 g/mol. The third-order valence-electron chi connectivity index (χ3n) is 3.20. The maximum atomic E-state index is 10.8. The number of carbonyl (C=O) groups excluding carboxylic acids is 1. The molecule has 2 rings (SSSR count). The van der Waals surface area contributed by atoms with Crippen LogP contribution in [0.1, 0.15) is 30.1 Å². The van der Waals surface area contributed by atoms with Crippen LogP contribution in [0.2, 0.25) is 5.02 Å². The molecule has 20 heavy (non-hydrogen) atoms. The highest BCUT2D eigenvalue weighted by Crippen LogP contribution is 2.32. The van der Waals surface area contributed by atoms with Crippen molar-refractivity contribution in [2.75, 3.05) is 11.4 Å². The Morgan fingerprint density at radius 2 is 1.90 bits per heavy atom. The second-order valence-electron chi connectivity index (χ2n) is 4.67. The van der Waals surface area contributed by atoms with Crippen molar-refractivity contribution >= 4 is 29.3 Å². The van der Waals surface area contributed by atoms with Crippen molar-refractivity contribution in [3.8, 4) is 0 Å². The molecule has 0 aliphatic carbocycles. The van der Waals surface area contributed by atoms with Crippen LogP contribution < -0.4 is 4.90 Å². The van der Waals surface area contributed by atoms with Crippen molar-refractivity contribution < 1.29 is 4.79 Å². The van der Waals surface area contributed by atoms with Crippen LogP contribution in [0, 0.1) is 0 Å². The molecular formula is C17H18ClNO. The second kappa shape index (κ2) is 7.11. The molecule has 0 bridgehead atoms. The minimum absolute atomic E-state index is 0.599. The van der Waals surface area contributed by atoms with Gasteiger partial charge < -0.3 is 4.90 Å². The minimum Gasteiger partial charge on any atom is -0.340 e. The largest absolute Gasteiger partial charge is 0.340 e. The van der Waals surface area contributed by atoms with Crippen LogP contribution in [0.5, 0.6) is 0 Å². The van der Waals surface area contributed by atoms with Crippen LogP contribution in [0.4, 0.5) is 11.4 Å². The summed E-state index contributed by atoms with van der Waals surface area (Å²) in [7, 11) is 0. The lowest BCUT2D eigenvalue weighted by molar-refractivity contribution is 0.112.